The van der Waals surface area contributed by atoms with Gasteiger partial charge in [0.1, 0.15) is 11.5 Å². The van der Waals surface area contributed by atoms with Gasteiger partial charge < -0.3 is 19.7 Å². The van der Waals surface area contributed by atoms with Crippen LogP contribution in [-0.4, -0.2) is 48.3 Å². The summed E-state index contributed by atoms with van der Waals surface area (Å²) in [6.07, 6.45) is 5.19. The van der Waals surface area contributed by atoms with Crippen molar-refractivity contribution in [3.05, 3.63) is 17.8 Å². The van der Waals surface area contributed by atoms with Gasteiger partial charge in [-0.05, 0) is 44.2 Å². The summed E-state index contributed by atoms with van der Waals surface area (Å²) in [4.78, 5) is 16.7. The number of methoxy groups -OCH3 is 2. The molecule has 2 aromatic heterocycles. The van der Waals surface area contributed by atoms with E-state index in [0.717, 1.165) is 55.1 Å². The summed E-state index contributed by atoms with van der Waals surface area (Å²) in [6, 6.07) is 4.42. The van der Waals surface area contributed by atoms with E-state index in [4.69, 9.17) is 24.4 Å². The van der Waals surface area contributed by atoms with Crippen molar-refractivity contribution in [1.29, 1.82) is 0 Å². The van der Waals surface area contributed by atoms with Gasteiger partial charge >= 0.3 is 0 Å². The molecule has 0 saturated carbocycles. The Hall–Kier alpha value is -2.57. The largest absolute Gasteiger partial charge is 0.480 e. The second kappa shape index (κ2) is 9.76. The van der Waals surface area contributed by atoms with E-state index in [1.165, 1.54) is 12.8 Å². The predicted molar refractivity (Wildman–Crippen MR) is 117 cm³/mol. The Labute approximate surface area is 173 Å². The Balaban J connectivity index is 2.03. The van der Waals surface area contributed by atoms with Crippen LogP contribution in [0.1, 0.15) is 52.1 Å². The highest BCUT2D eigenvalue weighted by Crippen LogP contribution is 2.35. The molecule has 0 amide bonds. The van der Waals surface area contributed by atoms with E-state index in [9.17, 15) is 0 Å². The zero-order valence-corrected chi connectivity index (χ0v) is 18.3. The molecule has 7 heteroatoms. The summed E-state index contributed by atoms with van der Waals surface area (Å²) in [5.74, 6) is 2.71. The van der Waals surface area contributed by atoms with Crippen LogP contribution in [0.2, 0.25) is 0 Å². The second-order valence-corrected chi connectivity index (χ2v) is 7.31. The molecule has 0 unspecified atom stereocenters. The Morgan fingerprint density at radius 3 is 2.24 bits per heavy atom. The smallest absolute Gasteiger partial charge is 0.257 e. The minimum atomic E-state index is 0.338. The van der Waals surface area contributed by atoms with Crippen molar-refractivity contribution < 1.29 is 9.47 Å². The molecular formula is C22H33N5O2. The summed E-state index contributed by atoms with van der Waals surface area (Å²) in [5.41, 5.74) is 2.50. The van der Waals surface area contributed by atoms with Gasteiger partial charge in [0.25, 0.3) is 5.88 Å². The van der Waals surface area contributed by atoms with Gasteiger partial charge in [-0.1, -0.05) is 20.8 Å². The van der Waals surface area contributed by atoms with Crippen LogP contribution in [-0.2, 0) is 6.42 Å². The van der Waals surface area contributed by atoms with E-state index >= 15 is 0 Å². The average Bonchev–Trinajstić information content (AvgIpc) is 3.31. The molecule has 0 spiro atoms. The van der Waals surface area contributed by atoms with Gasteiger partial charge in [0, 0.05) is 19.1 Å². The zero-order valence-electron chi connectivity index (χ0n) is 18.3. The van der Waals surface area contributed by atoms with Crippen molar-refractivity contribution in [2.75, 3.05) is 37.5 Å². The molecule has 29 heavy (non-hydrogen) atoms. The van der Waals surface area contributed by atoms with Gasteiger partial charge in [-0.2, -0.15) is 4.98 Å². The SMILES string of the molecule is CCc1nc(NC(CC)CC)c(OC)nc1-c1ccc(N2CCCC2)nc1OC. The Morgan fingerprint density at radius 2 is 1.66 bits per heavy atom. The molecule has 7 nitrogen and oxygen atoms in total. The summed E-state index contributed by atoms with van der Waals surface area (Å²) in [5, 5.41) is 3.47. The number of pyridine rings is 1. The molecular weight excluding hydrogens is 366 g/mol. The maximum Gasteiger partial charge on any atom is 0.257 e. The second-order valence-electron chi connectivity index (χ2n) is 7.31. The van der Waals surface area contributed by atoms with E-state index in [-0.39, 0.29) is 0 Å². The lowest BCUT2D eigenvalue weighted by Gasteiger charge is -2.20. The minimum Gasteiger partial charge on any atom is -0.480 e. The van der Waals surface area contributed by atoms with Crippen molar-refractivity contribution in [1.82, 2.24) is 15.0 Å². The van der Waals surface area contributed by atoms with Gasteiger partial charge in [0.15, 0.2) is 5.82 Å². The molecule has 158 valence electrons. The highest BCUT2D eigenvalue weighted by molar-refractivity contribution is 5.71. The van der Waals surface area contributed by atoms with Crippen molar-refractivity contribution in [3.8, 4) is 23.0 Å². The molecule has 1 aliphatic heterocycles. The van der Waals surface area contributed by atoms with Crippen LogP contribution in [0, 0.1) is 0 Å². The van der Waals surface area contributed by atoms with Gasteiger partial charge in [0.05, 0.1) is 25.5 Å². The molecule has 1 N–H and O–H groups in total. The molecule has 0 bridgehead atoms. The number of aromatic nitrogens is 3. The van der Waals surface area contributed by atoms with E-state index < -0.39 is 0 Å². The standard InChI is InChI=1S/C22H33N5O2/c1-6-15(7-2)23-20-22(29-5)26-19(17(8-3)24-20)16-11-12-18(25-21(16)28-4)27-13-9-10-14-27/h11-12,15H,6-10,13-14H2,1-5H3,(H,23,24). The molecule has 2 aromatic rings. The lowest BCUT2D eigenvalue weighted by molar-refractivity contribution is 0.394. The minimum absolute atomic E-state index is 0.338. The van der Waals surface area contributed by atoms with Crippen molar-refractivity contribution in [3.63, 3.8) is 0 Å². The fourth-order valence-electron chi connectivity index (χ4n) is 3.73. The molecule has 3 heterocycles. The monoisotopic (exact) mass is 399 g/mol. The lowest BCUT2D eigenvalue weighted by atomic mass is 10.1. The van der Waals surface area contributed by atoms with E-state index in [2.05, 4.69) is 31.0 Å². The molecule has 3 rings (SSSR count). The quantitative estimate of drug-likeness (QED) is 0.673. The van der Waals surface area contributed by atoms with Crippen LogP contribution < -0.4 is 19.7 Å². The number of aryl methyl sites for hydroxylation is 1. The number of hydrogen-bond acceptors (Lipinski definition) is 7. The van der Waals surface area contributed by atoms with Crippen LogP contribution in [0.4, 0.5) is 11.6 Å². The first-order chi connectivity index (χ1) is 14.1. The molecule has 1 fully saturated rings. The summed E-state index contributed by atoms with van der Waals surface area (Å²) < 4.78 is 11.2. The first kappa shape index (κ1) is 21.1. The summed E-state index contributed by atoms with van der Waals surface area (Å²) >= 11 is 0. The Morgan fingerprint density at radius 1 is 0.966 bits per heavy atom. The highest BCUT2D eigenvalue weighted by atomic mass is 16.5. The first-order valence-corrected chi connectivity index (χ1v) is 10.7. The average molecular weight is 400 g/mol. The summed E-state index contributed by atoms with van der Waals surface area (Å²) in [6.45, 7) is 8.49. The van der Waals surface area contributed by atoms with Gasteiger partial charge in [-0.15, -0.1) is 0 Å². The van der Waals surface area contributed by atoms with Gasteiger partial charge in [-0.3, -0.25) is 0 Å². The number of nitrogens with one attached hydrogen (secondary N) is 1. The first-order valence-electron chi connectivity index (χ1n) is 10.7. The van der Waals surface area contributed by atoms with E-state index in [1.54, 1.807) is 14.2 Å². The third kappa shape index (κ3) is 4.54. The van der Waals surface area contributed by atoms with E-state index in [1.807, 2.05) is 12.1 Å². The van der Waals surface area contributed by atoms with Gasteiger partial charge in [0.2, 0.25) is 5.88 Å². The molecule has 1 aliphatic rings. The number of anilines is 2. The van der Waals surface area contributed by atoms with Crippen LogP contribution in [0.5, 0.6) is 11.8 Å². The maximum absolute atomic E-state index is 5.64. The topological polar surface area (TPSA) is 72.4 Å². The zero-order chi connectivity index (χ0) is 20.8. The number of nitrogens with zero attached hydrogens (tertiary/aromatic N) is 4. The summed E-state index contributed by atoms with van der Waals surface area (Å²) in [7, 11) is 3.28. The molecule has 1 saturated heterocycles. The molecule has 0 atom stereocenters. The number of hydrogen-bond donors (Lipinski definition) is 1. The molecule has 0 aromatic carbocycles. The number of rotatable bonds is 9. The third-order valence-corrected chi connectivity index (χ3v) is 5.51. The lowest BCUT2D eigenvalue weighted by Crippen LogP contribution is -2.20. The van der Waals surface area contributed by atoms with Crippen LogP contribution >= 0.6 is 0 Å². The van der Waals surface area contributed by atoms with Crippen molar-refractivity contribution in [2.24, 2.45) is 0 Å². The van der Waals surface area contributed by atoms with Gasteiger partial charge in [-0.25, -0.2) is 9.97 Å². The predicted octanol–water partition coefficient (Wildman–Crippen LogP) is 4.32. The molecule has 0 aliphatic carbocycles. The number of ether oxygens (including phenoxy) is 2. The third-order valence-electron chi connectivity index (χ3n) is 5.51. The van der Waals surface area contributed by atoms with Crippen molar-refractivity contribution >= 4 is 11.6 Å². The maximum atomic E-state index is 5.64. The highest BCUT2D eigenvalue weighted by Gasteiger charge is 2.22. The van der Waals surface area contributed by atoms with Crippen LogP contribution in [0.15, 0.2) is 12.1 Å². The Bertz CT molecular complexity index is 817. The Kier molecular flexibility index (Phi) is 7.12. The molecule has 0 radical (unpaired) electrons. The van der Waals surface area contributed by atoms with E-state index in [0.29, 0.717) is 23.6 Å². The fraction of sp³-hybridized carbons (Fsp3) is 0.591. The van der Waals surface area contributed by atoms with Crippen LogP contribution in [0.25, 0.3) is 11.3 Å². The van der Waals surface area contributed by atoms with Crippen LogP contribution in [0.3, 0.4) is 0 Å². The normalized spacial score (nSPS) is 13.8. The van der Waals surface area contributed by atoms with Crippen molar-refractivity contribution in [2.45, 2.75) is 58.9 Å². The fourth-order valence-corrected chi connectivity index (χ4v) is 3.73.